The van der Waals surface area contributed by atoms with Gasteiger partial charge in [-0.3, -0.25) is 29.1 Å². The van der Waals surface area contributed by atoms with E-state index in [-0.39, 0.29) is 48.2 Å². The van der Waals surface area contributed by atoms with Gasteiger partial charge in [-0.2, -0.15) is 13.2 Å². The normalized spacial score (nSPS) is 26.0. The SMILES string of the molecule is C=CC(=O)N1CCN2C[C@@H](CN3C[C@H]4CC(=O)N(c5cc(C(F)(F)F)cc(C)n5)[C@@H]4C(=O)N(C)c4cccc(F)c43)N(C)C[C@@H]2C1. The van der Waals surface area contributed by atoms with E-state index in [0.717, 1.165) is 17.0 Å². The van der Waals surface area contributed by atoms with E-state index in [1.807, 2.05) is 11.9 Å². The maximum Gasteiger partial charge on any atom is 0.416 e. The summed E-state index contributed by atoms with van der Waals surface area (Å²) >= 11 is 0. The number of anilines is 3. The third kappa shape index (κ3) is 5.72. The number of carbonyl (C=O) groups is 3. The molecule has 5 heterocycles. The minimum atomic E-state index is -4.67. The molecule has 0 unspecified atom stereocenters. The van der Waals surface area contributed by atoms with Gasteiger partial charge in [-0.25, -0.2) is 9.37 Å². The Hall–Kier alpha value is -4.04. The molecule has 4 atom stereocenters. The second-order valence-corrected chi connectivity index (χ2v) is 12.7. The van der Waals surface area contributed by atoms with Crippen LogP contribution >= 0.6 is 0 Å². The summed E-state index contributed by atoms with van der Waals surface area (Å²) in [6, 6.07) is 5.13. The number of rotatable bonds is 4. The van der Waals surface area contributed by atoms with Gasteiger partial charge >= 0.3 is 6.18 Å². The van der Waals surface area contributed by atoms with Crippen LogP contribution in [0, 0.1) is 18.7 Å². The van der Waals surface area contributed by atoms with Crippen molar-refractivity contribution in [2.24, 2.45) is 5.92 Å². The van der Waals surface area contributed by atoms with Crippen molar-refractivity contribution in [3.8, 4) is 0 Å². The Labute approximate surface area is 264 Å². The highest BCUT2D eigenvalue weighted by atomic mass is 19.4. The molecule has 14 heteroatoms. The van der Waals surface area contributed by atoms with E-state index in [1.54, 1.807) is 11.0 Å². The zero-order valence-corrected chi connectivity index (χ0v) is 26.0. The van der Waals surface area contributed by atoms with Gasteiger partial charge in [0.2, 0.25) is 17.7 Å². The Kier molecular flexibility index (Phi) is 8.30. The predicted molar refractivity (Wildman–Crippen MR) is 164 cm³/mol. The van der Waals surface area contributed by atoms with E-state index in [0.29, 0.717) is 45.0 Å². The van der Waals surface area contributed by atoms with Gasteiger partial charge in [-0.1, -0.05) is 12.6 Å². The average molecular weight is 644 g/mol. The van der Waals surface area contributed by atoms with Crippen LogP contribution in [0.15, 0.2) is 43.0 Å². The molecular weight excluding hydrogens is 606 g/mol. The number of likely N-dealkylation sites (N-methyl/N-ethyl adjacent to an activating group) is 2. The molecule has 0 saturated carbocycles. The van der Waals surface area contributed by atoms with Crippen LogP contribution in [-0.4, -0.2) is 115 Å². The quantitative estimate of drug-likeness (QED) is 0.375. The number of carbonyl (C=O) groups excluding carboxylic acids is 3. The fourth-order valence-electron chi connectivity index (χ4n) is 7.41. The van der Waals surface area contributed by atoms with E-state index in [1.165, 1.54) is 37.1 Å². The highest BCUT2D eigenvalue weighted by Crippen LogP contribution is 2.41. The fraction of sp³-hybridized carbons (Fsp3) is 0.500. The molecule has 10 nitrogen and oxygen atoms in total. The molecule has 4 aliphatic rings. The third-order valence-electron chi connectivity index (χ3n) is 9.72. The van der Waals surface area contributed by atoms with Crippen LogP contribution in [0.3, 0.4) is 0 Å². The fourth-order valence-corrected chi connectivity index (χ4v) is 7.41. The first-order chi connectivity index (χ1) is 21.8. The maximum atomic E-state index is 15.7. The lowest BCUT2D eigenvalue weighted by molar-refractivity contribution is -0.137. The molecule has 0 bridgehead atoms. The van der Waals surface area contributed by atoms with Crippen molar-refractivity contribution in [2.75, 3.05) is 74.6 Å². The summed E-state index contributed by atoms with van der Waals surface area (Å²) in [5, 5.41) is 0. The molecule has 0 N–H and O–H groups in total. The van der Waals surface area contributed by atoms with E-state index in [2.05, 4.69) is 21.4 Å². The lowest BCUT2D eigenvalue weighted by Crippen LogP contribution is -2.66. The number of pyridine rings is 1. The van der Waals surface area contributed by atoms with Crippen molar-refractivity contribution in [1.29, 1.82) is 0 Å². The van der Waals surface area contributed by atoms with Gasteiger partial charge in [0.1, 0.15) is 17.7 Å². The number of fused-ring (bicyclic) bond motifs is 3. The van der Waals surface area contributed by atoms with Gasteiger partial charge in [-0.05, 0) is 44.3 Å². The van der Waals surface area contributed by atoms with Crippen LogP contribution in [0.4, 0.5) is 34.8 Å². The first-order valence-corrected chi connectivity index (χ1v) is 15.3. The lowest BCUT2D eigenvalue weighted by atomic mass is 9.95. The summed E-state index contributed by atoms with van der Waals surface area (Å²) in [5.41, 5.74) is -0.341. The first kappa shape index (κ1) is 31.9. The summed E-state index contributed by atoms with van der Waals surface area (Å²) < 4.78 is 56.9. The molecule has 0 spiro atoms. The Morgan fingerprint density at radius 1 is 1.09 bits per heavy atom. The van der Waals surface area contributed by atoms with Crippen molar-refractivity contribution in [3.05, 3.63) is 60.1 Å². The summed E-state index contributed by atoms with van der Waals surface area (Å²) in [6.45, 7) is 8.72. The summed E-state index contributed by atoms with van der Waals surface area (Å²) in [4.78, 5) is 54.6. The van der Waals surface area contributed by atoms with Gasteiger partial charge in [0.25, 0.3) is 0 Å². The van der Waals surface area contributed by atoms with Gasteiger partial charge in [0, 0.05) is 83.0 Å². The summed E-state index contributed by atoms with van der Waals surface area (Å²) in [6.07, 6.45) is -3.45. The molecule has 0 radical (unpaired) electrons. The number of aromatic nitrogens is 1. The zero-order chi connectivity index (χ0) is 33.1. The summed E-state index contributed by atoms with van der Waals surface area (Å²) in [7, 11) is 3.48. The van der Waals surface area contributed by atoms with Crippen molar-refractivity contribution in [3.63, 3.8) is 0 Å². The molecule has 6 rings (SSSR count). The number of piperazine rings is 2. The Morgan fingerprint density at radius 2 is 1.85 bits per heavy atom. The number of benzene rings is 1. The smallest absolute Gasteiger partial charge is 0.365 e. The molecule has 4 aliphatic heterocycles. The molecule has 3 saturated heterocycles. The molecule has 246 valence electrons. The largest absolute Gasteiger partial charge is 0.416 e. The summed E-state index contributed by atoms with van der Waals surface area (Å²) in [5.74, 6) is -2.52. The molecule has 3 amide bonds. The van der Waals surface area contributed by atoms with Gasteiger partial charge in [0.15, 0.2) is 0 Å². The zero-order valence-electron chi connectivity index (χ0n) is 26.0. The highest BCUT2D eigenvalue weighted by molar-refractivity contribution is 6.10. The third-order valence-corrected chi connectivity index (χ3v) is 9.72. The number of amides is 3. The number of nitrogens with zero attached hydrogens (tertiary/aromatic N) is 7. The molecule has 1 aromatic heterocycles. The molecule has 0 aliphatic carbocycles. The van der Waals surface area contributed by atoms with Crippen LogP contribution < -0.4 is 14.7 Å². The van der Waals surface area contributed by atoms with Gasteiger partial charge in [0.05, 0.1) is 16.9 Å². The standard InChI is InChI=1S/C32H37F4N7O3/c1-5-27(44)41-10-9-40-16-22(38(3)15-23(40)18-41)17-42-14-20-12-28(45)43(26-13-21(32(34,35)36)11-19(2)37-26)29(20)31(46)39(4)25-8-6-7-24(33)30(25)42/h5-8,11,13,20,22-23,29H,1,9-10,12,14-18H2,2-4H3/t20-,22+,23-,29+/m1/s1. The number of hydrogen-bond acceptors (Lipinski definition) is 7. The van der Waals surface area contributed by atoms with Crippen molar-refractivity contribution < 1.29 is 31.9 Å². The average Bonchev–Trinajstić information content (AvgIpc) is 3.33. The van der Waals surface area contributed by atoms with Crippen LogP contribution in [0.25, 0.3) is 0 Å². The van der Waals surface area contributed by atoms with E-state index in [9.17, 15) is 27.6 Å². The van der Waals surface area contributed by atoms with E-state index < -0.39 is 41.3 Å². The molecule has 3 fully saturated rings. The van der Waals surface area contributed by atoms with E-state index in [4.69, 9.17) is 0 Å². The number of halogens is 4. The van der Waals surface area contributed by atoms with Crippen LogP contribution in [0.1, 0.15) is 17.7 Å². The molecular formula is C32H37F4N7O3. The first-order valence-electron chi connectivity index (χ1n) is 15.3. The minimum Gasteiger partial charge on any atom is -0.365 e. The molecule has 46 heavy (non-hydrogen) atoms. The van der Waals surface area contributed by atoms with Crippen molar-refractivity contribution in [1.82, 2.24) is 19.7 Å². The lowest BCUT2D eigenvalue weighted by Gasteiger charge is -2.51. The Morgan fingerprint density at radius 3 is 2.57 bits per heavy atom. The van der Waals surface area contributed by atoms with E-state index >= 15 is 4.39 Å². The monoisotopic (exact) mass is 643 g/mol. The molecule has 2 aromatic rings. The number of aryl methyl sites for hydroxylation is 1. The number of hydrogen-bond donors (Lipinski definition) is 0. The topological polar surface area (TPSA) is 83.5 Å². The number of para-hydroxylation sites is 1. The van der Waals surface area contributed by atoms with Gasteiger partial charge in [-0.15, -0.1) is 0 Å². The van der Waals surface area contributed by atoms with Crippen LogP contribution in [0.5, 0.6) is 0 Å². The Balaban J connectivity index is 1.33. The number of alkyl halides is 3. The second-order valence-electron chi connectivity index (χ2n) is 12.7. The molecule has 1 aromatic carbocycles. The van der Waals surface area contributed by atoms with Crippen LogP contribution in [-0.2, 0) is 20.6 Å². The minimum absolute atomic E-state index is 0.0507. The van der Waals surface area contributed by atoms with Crippen molar-refractivity contribution >= 4 is 34.9 Å². The van der Waals surface area contributed by atoms with Gasteiger partial charge < -0.3 is 14.7 Å². The maximum absolute atomic E-state index is 15.7. The van der Waals surface area contributed by atoms with Crippen molar-refractivity contribution in [2.45, 2.75) is 37.6 Å². The highest BCUT2D eigenvalue weighted by Gasteiger charge is 2.50. The second kappa shape index (κ2) is 12.0. The van der Waals surface area contributed by atoms with Crippen LogP contribution in [0.2, 0.25) is 0 Å². The predicted octanol–water partition coefficient (Wildman–Crippen LogP) is 2.77. The Bertz CT molecular complexity index is 1570.